The molecule has 0 saturated heterocycles. The van der Waals surface area contributed by atoms with Crippen molar-refractivity contribution >= 4 is 16.5 Å². The molecule has 2 unspecified atom stereocenters. The first-order valence-electron chi connectivity index (χ1n) is 9.13. The molecule has 1 heterocycles. The minimum absolute atomic E-state index is 0.483. The van der Waals surface area contributed by atoms with Crippen molar-refractivity contribution in [1.29, 1.82) is 0 Å². The summed E-state index contributed by atoms with van der Waals surface area (Å²) in [6, 6.07) is 22.5. The molecule has 122 valence electrons. The topological polar surface area (TPSA) is 12.0 Å². The van der Waals surface area contributed by atoms with E-state index in [1.165, 1.54) is 39.6 Å². The zero-order valence-corrected chi connectivity index (χ0v) is 14.5. The van der Waals surface area contributed by atoms with Gasteiger partial charge in [0.2, 0.25) is 0 Å². The molecular formula is C23H25N. The van der Waals surface area contributed by atoms with Crippen LogP contribution in [0, 0.1) is 0 Å². The number of hydrogen-bond acceptors (Lipinski definition) is 1. The van der Waals surface area contributed by atoms with Crippen molar-refractivity contribution in [2.45, 2.75) is 38.5 Å². The highest BCUT2D eigenvalue weighted by molar-refractivity contribution is 5.87. The van der Waals surface area contributed by atoms with E-state index in [9.17, 15) is 0 Å². The lowest BCUT2D eigenvalue weighted by atomic mass is 9.81. The van der Waals surface area contributed by atoms with Gasteiger partial charge in [0.1, 0.15) is 0 Å². The second-order valence-corrected chi connectivity index (χ2v) is 6.99. The third-order valence-corrected chi connectivity index (χ3v) is 5.58. The van der Waals surface area contributed by atoms with Crippen LogP contribution in [-0.4, -0.2) is 6.54 Å². The highest BCUT2D eigenvalue weighted by atomic mass is 14.9. The molecule has 0 amide bonds. The molecule has 0 aliphatic carbocycles. The van der Waals surface area contributed by atoms with Crippen molar-refractivity contribution in [1.82, 2.24) is 0 Å². The van der Waals surface area contributed by atoms with Gasteiger partial charge in [0.25, 0.3) is 0 Å². The molecule has 1 heteroatoms. The molecule has 0 fully saturated rings. The number of benzene rings is 3. The fraction of sp³-hybridized carbons (Fsp3) is 0.304. The third-order valence-electron chi connectivity index (χ3n) is 5.58. The summed E-state index contributed by atoms with van der Waals surface area (Å²) in [6.45, 7) is 5.64. The van der Waals surface area contributed by atoms with Crippen LogP contribution in [0.1, 0.15) is 55.2 Å². The van der Waals surface area contributed by atoms with E-state index in [1.807, 2.05) is 0 Å². The van der Waals surface area contributed by atoms with Crippen LogP contribution in [0.15, 0.2) is 60.7 Å². The average Bonchev–Trinajstić information content (AvgIpc) is 2.66. The van der Waals surface area contributed by atoms with Crippen LogP contribution < -0.4 is 5.32 Å². The molecule has 1 N–H and O–H groups in total. The lowest BCUT2D eigenvalue weighted by Crippen LogP contribution is -2.18. The van der Waals surface area contributed by atoms with E-state index in [4.69, 9.17) is 0 Å². The second kappa shape index (κ2) is 6.32. The summed E-state index contributed by atoms with van der Waals surface area (Å²) in [5, 5.41) is 6.33. The first-order valence-corrected chi connectivity index (χ1v) is 9.13. The van der Waals surface area contributed by atoms with E-state index in [-0.39, 0.29) is 0 Å². The van der Waals surface area contributed by atoms with Gasteiger partial charge in [-0.2, -0.15) is 0 Å². The number of nitrogens with one attached hydrogen (secondary N) is 1. The molecular weight excluding hydrogens is 290 g/mol. The van der Waals surface area contributed by atoms with Gasteiger partial charge in [-0.1, -0.05) is 68.4 Å². The molecule has 3 aromatic rings. The van der Waals surface area contributed by atoms with Crippen LogP contribution in [0.3, 0.4) is 0 Å². The minimum atomic E-state index is 0.483. The van der Waals surface area contributed by atoms with Crippen LogP contribution in [0.2, 0.25) is 0 Å². The molecule has 0 bridgehead atoms. The summed E-state index contributed by atoms with van der Waals surface area (Å²) in [5.74, 6) is 1.10. The predicted molar refractivity (Wildman–Crippen MR) is 104 cm³/mol. The largest absolute Gasteiger partial charge is 0.385 e. The summed E-state index contributed by atoms with van der Waals surface area (Å²) in [4.78, 5) is 0. The number of rotatable bonds is 3. The lowest BCUT2D eigenvalue weighted by Gasteiger charge is -2.29. The first kappa shape index (κ1) is 15.3. The summed E-state index contributed by atoms with van der Waals surface area (Å²) >= 11 is 0. The first-order chi connectivity index (χ1) is 11.8. The highest BCUT2D eigenvalue weighted by Crippen LogP contribution is 2.40. The lowest BCUT2D eigenvalue weighted by molar-refractivity contribution is 0.706. The van der Waals surface area contributed by atoms with E-state index >= 15 is 0 Å². The van der Waals surface area contributed by atoms with Gasteiger partial charge in [0, 0.05) is 18.2 Å². The van der Waals surface area contributed by atoms with Gasteiger partial charge in [0.05, 0.1) is 0 Å². The van der Waals surface area contributed by atoms with Crippen molar-refractivity contribution in [3.8, 4) is 0 Å². The molecule has 3 aromatic carbocycles. The van der Waals surface area contributed by atoms with Crippen LogP contribution in [-0.2, 0) is 0 Å². The zero-order chi connectivity index (χ0) is 16.5. The number of anilines is 1. The molecule has 4 rings (SSSR count). The molecule has 0 radical (unpaired) electrons. The normalized spacial score (nSPS) is 18.0. The van der Waals surface area contributed by atoms with E-state index in [2.05, 4.69) is 79.8 Å². The maximum absolute atomic E-state index is 3.59. The van der Waals surface area contributed by atoms with E-state index < -0.39 is 0 Å². The molecule has 2 atom stereocenters. The Bertz CT molecular complexity index is 860. The van der Waals surface area contributed by atoms with E-state index in [1.54, 1.807) is 0 Å². The van der Waals surface area contributed by atoms with Gasteiger partial charge < -0.3 is 5.32 Å². The molecule has 0 saturated carbocycles. The number of fused-ring (bicyclic) bond motifs is 2. The second-order valence-electron chi connectivity index (χ2n) is 6.99. The summed E-state index contributed by atoms with van der Waals surface area (Å²) in [6.07, 6.45) is 2.34. The van der Waals surface area contributed by atoms with Gasteiger partial charge in [-0.25, -0.2) is 0 Å². The predicted octanol–water partition coefficient (Wildman–Crippen LogP) is 6.30. The Balaban J connectivity index is 1.86. The van der Waals surface area contributed by atoms with Gasteiger partial charge in [0.15, 0.2) is 0 Å². The van der Waals surface area contributed by atoms with Crippen molar-refractivity contribution in [2.24, 2.45) is 0 Å². The third kappa shape index (κ3) is 2.58. The van der Waals surface area contributed by atoms with Crippen molar-refractivity contribution < 1.29 is 0 Å². The Hall–Kier alpha value is -2.28. The molecule has 0 spiro atoms. The quantitative estimate of drug-likeness (QED) is 0.598. The standard InChI is InChI=1S/C23H25N/c1-3-16(2)18-11-12-23-22(15-18)21(13-14-24-23)20-10-6-8-17-7-4-5-9-19(17)20/h4-12,15-16,21,24H,3,13-14H2,1-2H3. The molecule has 1 aliphatic heterocycles. The van der Waals surface area contributed by atoms with Crippen LogP contribution >= 0.6 is 0 Å². The van der Waals surface area contributed by atoms with Crippen LogP contribution in [0.5, 0.6) is 0 Å². The Kier molecular flexibility index (Phi) is 4.02. The van der Waals surface area contributed by atoms with Gasteiger partial charge in [-0.3, -0.25) is 0 Å². The SMILES string of the molecule is CCC(C)c1ccc2c(c1)C(c1cccc3ccccc13)CCN2. The monoisotopic (exact) mass is 315 g/mol. The van der Waals surface area contributed by atoms with Crippen LogP contribution in [0.4, 0.5) is 5.69 Å². The van der Waals surface area contributed by atoms with Crippen LogP contribution in [0.25, 0.3) is 10.8 Å². The van der Waals surface area contributed by atoms with Gasteiger partial charge in [-0.05, 0) is 52.3 Å². The van der Waals surface area contributed by atoms with Crippen molar-refractivity contribution in [2.75, 3.05) is 11.9 Å². The zero-order valence-electron chi connectivity index (χ0n) is 14.5. The number of hydrogen-bond donors (Lipinski definition) is 1. The van der Waals surface area contributed by atoms with Crippen molar-refractivity contribution in [3.05, 3.63) is 77.4 Å². The fourth-order valence-corrected chi connectivity index (χ4v) is 3.96. The Morgan fingerprint density at radius 3 is 2.71 bits per heavy atom. The Labute approximate surface area is 144 Å². The summed E-state index contributed by atoms with van der Waals surface area (Å²) in [5.41, 5.74) is 5.71. The average molecular weight is 315 g/mol. The van der Waals surface area contributed by atoms with Gasteiger partial charge in [-0.15, -0.1) is 0 Å². The summed E-state index contributed by atoms with van der Waals surface area (Å²) < 4.78 is 0. The van der Waals surface area contributed by atoms with Crippen molar-refractivity contribution in [3.63, 3.8) is 0 Å². The summed E-state index contributed by atoms with van der Waals surface area (Å²) in [7, 11) is 0. The smallest absolute Gasteiger partial charge is 0.0379 e. The maximum Gasteiger partial charge on any atom is 0.0379 e. The minimum Gasteiger partial charge on any atom is -0.385 e. The molecule has 0 aromatic heterocycles. The maximum atomic E-state index is 3.59. The van der Waals surface area contributed by atoms with E-state index in [0.717, 1.165) is 13.0 Å². The Morgan fingerprint density at radius 2 is 1.83 bits per heavy atom. The van der Waals surface area contributed by atoms with E-state index in [0.29, 0.717) is 11.8 Å². The highest BCUT2D eigenvalue weighted by Gasteiger charge is 2.23. The molecule has 24 heavy (non-hydrogen) atoms. The Morgan fingerprint density at radius 1 is 1.00 bits per heavy atom. The molecule has 1 nitrogen and oxygen atoms in total. The molecule has 1 aliphatic rings. The van der Waals surface area contributed by atoms with Gasteiger partial charge >= 0.3 is 0 Å². The fourth-order valence-electron chi connectivity index (χ4n) is 3.96.